The number of likely N-dealkylation sites (N-methyl/N-ethyl adjacent to an activating group) is 1. The zero-order chi connectivity index (χ0) is 12.7. The van der Waals surface area contributed by atoms with Crippen LogP contribution < -0.4 is 11.1 Å². The summed E-state index contributed by atoms with van der Waals surface area (Å²) in [6.07, 6.45) is 1.58. The van der Waals surface area contributed by atoms with E-state index in [4.69, 9.17) is 17.3 Å². The molecule has 17 heavy (non-hydrogen) atoms. The maximum absolute atomic E-state index is 12.0. The molecular formula is C13H19ClN2O. The SMILES string of the molecule is CCNC(=O)C(CCCN)c1cccc(Cl)c1. The Morgan fingerprint density at radius 2 is 2.29 bits per heavy atom. The van der Waals surface area contributed by atoms with Crippen molar-refractivity contribution in [2.75, 3.05) is 13.1 Å². The molecule has 1 atom stereocenters. The van der Waals surface area contributed by atoms with Gasteiger partial charge >= 0.3 is 0 Å². The minimum Gasteiger partial charge on any atom is -0.356 e. The number of amides is 1. The van der Waals surface area contributed by atoms with Crippen LogP contribution in [-0.2, 0) is 4.79 Å². The Hall–Kier alpha value is -1.06. The van der Waals surface area contributed by atoms with E-state index in [9.17, 15) is 4.79 Å². The highest BCUT2D eigenvalue weighted by molar-refractivity contribution is 6.30. The summed E-state index contributed by atoms with van der Waals surface area (Å²) in [4.78, 5) is 12.0. The van der Waals surface area contributed by atoms with Crippen LogP contribution in [0.1, 0.15) is 31.2 Å². The van der Waals surface area contributed by atoms with Crippen molar-refractivity contribution >= 4 is 17.5 Å². The van der Waals surface area contributed by atoms with E-state index >= 15 is 0 Å². The van der Waals surface area contributed by atoms with Gasteiger partial charge in [-0.05, 0) is 44.0 Å². The van der Waals surface area contributed by atoms with Crippen molar-refractivity contribution in [2.45, 2.75) is 25.7 Å². The molecule has 0 aliphatic heterocycles. The number of rotatable bonds is 6. The summed E-state index contributed by atoms with van der Waals surface area (Å²) in [6, 6.07) is 7.45. The molecule has 94 valence electrons. The maximum atomic E-state index is 12.0. The summed E-state index contributed by atoms with van der Waals surface area (Å²) in [7, 11) is 0. The third kappa shape index (κ3) is 4.36. The molecule has 1 amide bonds. The standard InChI is InChI=1S/C13H19ClN2O/c1-2-16-13(17)12(7-4-8-15)10-5-3-6-11(14)9-10/h3,5-6,9,12H,2,4,7-8,15H2,1H3,(H,16,17). The van der Waals surface area contributed by atoms with Gasteiger partial charge in [0.05, 0.1) is 5.92 Å². The van der Waals surface area contributed by atoms with Crippen LogP contribution in [0.3, 0.4) is 0 Å². The number of hydrogen-bond donors (Lipinski definition) is 2. The van der Waals surface area contributed by atoms with E-state index in [-0.39, 0.29) is 11.8 Å². The molecule has 0 spiro atoms. The summed E-state index contributed by atoms with van der Waals surface area (Å²) in [6.45, 7) is 3.14. The van der Waals surface area contributed by atoms with Gasteiger partial charge in [-0.2, -0.15) is 0 Å². The second-order valence-electron chi connectivity index (χ2n) is 3.93. The van der Waals surface area contributed by atoms with Crippen molar-refractivity contribution in [3.63, 3.8) is 0 Å². The molecule has 4 heteroatoms. The molecule has 0 aromatic heterocycles. The van der Waals surface area contributed by atoms with Crippen LogP contribution in [0, 0.1) is 0 Å². The zero-order valence-corrected chi connectivity index (χ0v) is 10.8. The molecule has 3 nitrogen and oxygen atoms in total. The Balaban J connectivity index is 2.85. The van der Waals surface area contributed by atoms with Crippen molar-refractivity contribution in [2.24, 2.45) is 5.73 Å². The summed E-state index contributed by atoms with van der Waals surface area (Å²) >= 11 is 5.95. The molecule has 0 radical (unpaired) electrons. The van der Waals surface area contributed by atoms with Crippen molar-refractivity contribution in [1.82, 2.24) is 5.32 Å². The lowest BCUT2D eigenvalue weighted by atomic mass is 9.93. The van der Waals surface area contributed by atoms with Gasteiger partial charge in [0.15, 0.2) is 0 Å². The van der Waals surface area contributed by atoms with E-state index in [1.165, 1.54) is 0 Å². The van der Waals surface area contributed by atoms with E-state index in [0.717, 1.165) is 18.4 Å². The predicted octanol–water partition coefficient (Wildman–Crippen LogP) is 2.30. The second-order valence-corrected chi connectivity index (χ2v) is 4.37. The minimum atomic E-state index is -0.155. The van der Waals surface area contributed by atoms with Crippen LogP contribution in [0.2, 0.25) is 5.02 Å². The van der Waals surface area contributed by atoms with Gasteiger partial charge in [0.2, 0.25) is 5.91 Å². The third-order valence-electron chi connectivity index (χ3n) is 2.62. The highest BCUT2D eigenvalue weighted by Gasteiger charge is 2.19. The van der Waals surface area contributed by atoms with E-state index in [1.807, 2.05) is 31.2 Å². The first kappa shape index (κ1) is 14.0. The molecule has 0 aliphatic rings. The number of nitrogens with two attached hydrogens (primary N) is 1. The van der Waals surface area contributed by atoms with Crippen molar-refractivity contribution < 1.29 is 4.79 Å². The van der Waals surface area contributed by atoms with E-state index < -0.39 is 0 Å². The molecule has 0 aliphatic carbocycles. The summed E-state index contributed by atoms with van der Waals surface area (Å²) in [5, 5.41) is 3.51. The fourth-order valence-electron chi connectivity index (χ4n) is 1.79. The summed E-state index contributed by atoms with van der Waals surface area (Å²) in [5.41, 5.74) is 6.46. The smallest absolute Gasteiger partial charge is 0.227 e. The summed E-state index contributed by atoms with van der Waals surface area (Å²) in [5.74, 6) is -0.111. The van der Waals surface area contributed by atoms with Crippen molar-refractivity contribution in [3.8, 4) is 0 Å². The number of nitrogens with one attached hydrogen (secondary N) is 1. The Morgan fingerprint density at radius 3 is 2.88 bits per heavy atom. The number of carbonyl (C=O) groups excluding carboxylic acids is 1. The predicted molar refractivity (Wildman–Crippen MR) is 71.2 cm³/mol. The monoisotopic (exact) mass is 254 g/mol. The Labute approximate surface area is 107 Å². The lowest BCUT2D eigenvalue weighted by Gasteiger charge is -2.16. The molecule has 1 rings (SSSR count). The van der Waals surface area contributed by atoms with Gasteiger partial charge in [0.1, 0.15) is 0 Å². The van der Waals surface area contributed by atoms with Gasteiger partial charge in [-0.1, -0.05) is 23.7 Å². The number of hydrogen-bond acceptors (Lipinski definition) is 2. The van der Waals surface area contributed by atoms with Crippen LogP contribution in [-0.4, -0.2) is 19.0 Å². The average molecular weight is 255 g/mol. The largest absolute Gasteiger partial charge is 0.356 e. The highest BCUT2D eigenvalue weighted by atomic mass is 35.5. The molecule has 0 fully saturated rings. The van der Waals surface area contributed by atoms with Gasteiger partial charge < -0.3 is 11.1 Å². The van der Waals surface area contributed by atoms with Gasteiger partial charge in [0.25, 0.3) is 0 Å². The molecule has 1 aromatic carbocycles. The fraction of sp³-hybridized carbons (Fsp3) is 0.462. The Bertz CT molecular complexity index is 368. The topological polar surface area (TPSA) is 55.1 Å². The van der Waals surface area contributed by atoms with Gasteiger partial charge in [-0.25, -0.2) is 0 Å². The van der Waals surface area contributed by atoms with E-state index in [0.29, 0.717) is 18.1 Å². The quantitative estimate of drug-likeness (QED) is 0.819. The second kappa shape index (κ2) is 7.30. The average Bonchev–Trinajstić information content (AvgIpc) is 2.30. The molecule has 0 heterocycles. The van der Waals surface area contributed by atoms with E-state index in [2.05, 4.69) is 5.32 Å². The minimum absolute atomic E-state index is 0.0446. The number of halogens is 1. The van der Waals surface area contributed by atoms with Crippen molar-refractivity contribution in [1.29, 1.82) is 0 Å². The molecule has 1 unspecified atom stereocenters. The normalized spacial score (nSPS) is 12.2. The Morgan fingerprint density at radius 1 is 1.53 bits per heavy atom. The van der Waals surface area contributed by atoms with Crippen molar-refractivity contribution in [3.05, 3.63) is 34.9 Å². The van der Waals surface area contributed by atoms with E-state index in [1.54, 1.807) is 0 Å². The first-order chi connectivity index (χ1) is 8.19. The highest BCUT2D eigenvalue weighted by Crippen LogP contribution is 2.24. The molecule has 0 bridgehead atoms. The fourth-order valence-corrected chi connectivity index (χ4v) is 1.99. The lowest BCUT2D eigenvalue weighted by molar-refractivity contribution is -0.122. The summed E-state index contributed by atoms with van der Waals surface area (Å²) < 4.78 is 0. The van der Waals surface area contributed by atoms with Gasteiger partial charge in [0, 0.05) is 11.6 Å². The van der Waals surface area contributed by atoms with Crippen LogP contribution in [0.5, 0.6) is 0 Å². The van der Waals surface area contributed by atoms with Crippen LogP contribution in [0.4, 0.5) is 0 Å². The molecule has 3 N–H and O–H groups in total. The van der Waals surface area contributed by atoms with Crippen LogP contribution in [0.25, 0.3) is 0 Å². The van der Waals surface area contributed by atoms with Gasteiger partial charge in [-0.3, -0.25) is 4.79 Å². The first-order valence-electron chi connectivity index (χ1n) is 5.92. The lowest BCUT2D eigenvalue weighted by Crippen LogP contribution is -2.29. The molecular weight excluding hydrogens is 236 g/mol. The number of carbonyl (C=O) groups is 1. The molecule has 1 aromatic rings. The molecule has 0 saturated carbocycles. The van der Waals surface area contributed by atoms with Gasteiger partial charge in [-0.15, -0.1) is 0 Å². The molecule has 0 saturated heterocycles. The van der Waals surface area contributed by atoms with Crippen LogP contribution >= 0.6 is 11.6 Å². The number of benzene rings is 1. The third-order valence-corrected chi connectivity index (χ3v) is 2.85. The Kier molecular flexibility index (Phi) is 6.01. The van der Waals surface area contributed by atoms with Crippen LogP contribution in [0.15, 0.2) is 24.3 Å². The zero-order valence-electron chi connectivity index (χ0n) is 10.1. The maximum Gasteiger partial charge on any atom is 0.227 e. The first-order valence-corrected chi connectivity index (χ1v) is 6.30.